The third kappa shape index (κ3) is 3.77. The van der Waals surface area contributed by atoms with Crippen LogP contribution in [0.25, 0.3) is 17.1 Å². The second kappa shape index (κ2) is 7.25. The fourth-order valence-electron chi connectivity index (χ4n) is 2.84. The number of aromatic nitrogens is 2. The van der Waals surface area contributed by atoms with Crippen LogP contribution in [0.15, 0.2) is 60.8 Å². The van der Waals surface area contributed by atoms with Gasteiger partial charge in [-0.3, -0.25) is 14.7 Å². The molecule has 2 heterocycles. The third-order valence-corrected chi connectivity index (χ3v) is 4.18. The van der Waals surface area contributed by atoms with Crippen LogP contribution >= 0.6 is 0 Å². The molecule has 0 unspecified atom stereocenters. The summed E-state index contributed by atoms with van der Waals surface area (Å²) >= 11 is 0. The highest BCUT2D eigenvalue weighted by Crippen LogP contribution is 2.19. The van der Waals surface area contributed by atoms with Crippen LogP contribution in [-0.2, 0) is 4.79 Å². The Kier molecular flexibility index (Phi) is 4.49. The van der Waals surface area contributed by atoms with Crippen LogP contribution in [-0.4, -0.2) is 35.0 Å². The number of nitrogens with one attached hydrogen (secondary N) is 2. The van der Waals surface area contributed by atoms with Crippen molar-refractivity contribution in [2.24, 2.45) is 0 Å². The van der Waals surface area contributed by atoms with E-state index in [1.807, 2.05) is 24.3 Å². The molecule has 1 saturated heterocycles. The predicted molar refractivity (Wildman–Crippen MR) is 104 cm³/mol. The fraction of sp³-hybridized carbons (Fsp3) is 0.100. The number of amides is 3. The van der Waals surface area contributed by atoms with Crippen molar-refractivity contribution in [2.75, 3.05) is 23.3 Å². The molecule has 4 rings (SSSR count). The summed E-state index contributed by atoms with van der Waals surface area (Å²) in [4.78, 5) is 34.2. The van der Waals surface area contributed by atoms with Crippen molar-refractivity contribution in [3.05, 3.63) is 66.5 Å². The number of hydrogen-bond acceptors (Lipinski definition) is 4. The lowest BCUT2D eigenvalue weighted by Gasteiger charge is -2.14. The van der Waals surface area contributed by atoms with Gasteiger partial charge in [0.15, 0.2) is 0 Å². The SMILES string of the molecule is O=C(/C=C/c1cnc2ccccc2n1)Nc1ccc(N2CCNC2=O)cc1. The number of para-hydroxylation sites is 2. The highest BCUT2D eigenvalue weighted by Gasteiger charge is 2.20. The van der Waals surface area contributed by atoms with Crippen molar-refractivity contribution >= 4 is 40.4 Å². The molecule has 0 spiro atoms. The molecule has 1 aliphatic rings. The van der Waals surface area contributed by atoms with E-state index in [2.05, 4.69) is 20.6 Å². The molecule has 0 atom stereocenters. The van der Waals surface area contributed by atoms with E-state index in [1.165, 1.54) is 6.08 Å². The molecule has 0 bridgehead atoms. The van der Waals surface area contributed by atoms with E-state index in [1.54, 1.807) is 41.4 Å². The zero-order chi connectivity index (χ0) is 18.6. The number of fused-ring (bicyclic) bond motifs is 1. The van der Waals surface area contributed by atoms with E-state index >= 15 is 0 Å². The van der Waals surface area contributed by atoms with Crippen LogP contribution in [0.4, 0.5) is 16.2 Å². The summed E-state index contributed by atoms with van der Waals surface area (Å²) in [5.74, 6) is -0.267. The Bertz CT molecular complexity index is 1030. The molecule has 3 aromatic rings. The van der Waals surface area contributed by atoms with Crippen LogP contribution in [0, 0.1) is 0 Å². The molecule has 0 radical (unpaired) electrons. The van der Waals surface area contributed by atoms with Crippen molar-refractivity contribution in [2.45, 2.75) is 0 Å². The van der Waals surface area contributed by atoms with Crippen molar-refractivity contribution in [3.63, 3.8) is 0 Å². The molecule has 0 aliphatic carbocycles. The van der Waals surface area contributed by atoms with Gasteiger partial charge in [0.2, 0.25) is 5.91 Å². The minimum absolute atomic E-state index is 0.105. The maximum Gasteiger partial charge on any atom is 0.321 e. The van der Waals surface area contributed by atoms with Gasteiger partial charge < -0.3 is 10.6 Å². The maximum absolute atomic E-state index is 12.1. The average Bonchev–Trinajstić information content (AvgIpc) is 3.13. The molecule has 2 N–H and O–H groups in total. The van der Waals surface area contributed by atoms with Gasteiger partial charge in [-0.2, -0.15) is 0 Å². The molecular weight excluding hydrogens is 342 g/mol. The Morgan fingerprint density at radius 1 is 1.11 bits per heavy atom. The first-order valence-electron chi connectivity index (χ1n) is 8.55. The van der Waals surface area contributed by atoms with Crippen LogP contribution in [0.3, 0.4) is 0 Å². The number of rotatable bonds is 4. The van der Waals surface area contributed by atoms with Crippen LogP contribution in [0.1, 0.15) is 5.69 Å². The summed E-state index contributed by atoms with van der Waals surface area (Å²) in [6.07, 6.45) is 4.67. The van der Waals surface area contributed by atoms with Crippen LogP contribution in [0.2, 0.25) is 0 Å². The molecule has 1 aliphatic heterocycles. The Morgan fingerprint density at radius 2 is 1.89 bits per heavy atom. The molecule has 134 valence electrons. The van der Waals surface area contributed by atoms with E-state index in [0.29, 0.717) is 24.5 Å². The van der Waals surface area contributed by atoms with Crippen LogP contribution < -0.4 is 15.5 Å². The molecule has 0 saturated carbocycles. The number of nitrogens with zero attached hydrogens (tertiary/aromatic N) is 3. The summed E-state index contributed by atoms with van der Waals surface area (Å²) in [5.41, 5.74) is 3.65. The first-order valence-corrected chi connectivity index (χ1v) is 8.55. The fourth-order valence-corrected chi connectivity index (χ4v) is 2.84. The largest absolute Gasteiger partial charge is 0.336 e. The van der Waals surface area contributed by atoms with Crippen molar-refractivity contribution in [1.29, 1.82) is 0 Å². The number of carbonyl (C=O) groups is 2. The lowest BCUT2D eigenvalue weighted by Crippen LogP contribution is -2.27. The van der Waals surface area contributed by atoms with Gasteiger partial charge in [-0.05, 0) is 42.5 Å². The standard InChI is InChI=1S/C20H17N5O2/c26-19(10-7-15-13-22-17-3-1-2-4-18(17)23-15)24-14-5-8-16(9-6-14)25-12-11-21-20(25)27/h1-10,13H,11-12H2,(H,21,27)(H,24,26)/b10-7+. The number of carbonyl (C=O) groups excluding carboxylic acids is 2. The van der Waals surface area contributed by atoms with E-state index in [4.69, 9.17) is 0 Å². The maximum atomic E-state index is 12.1. The Hall–Kier alpha value is -3.74. The highest BCUT2D eigenvalue weighted by molar-refractivity contribution is 6.02. The molecule has 27 heavy (non-hydrogen) atoms. The molecule has 2 aromatic carbocycles. The van der Waals surface area contributed by atoms with Crippen LogP contribution in [0.5, 0.6) is 0 Å². The van der Waals surface area contributed by atoms with E-state index in [0.717, 1.165) is 16.7 Å². The van der Waals surface area contributed by atoms with Crippen molar-refractivity contribution < 1.29 is 9.59 Å². The molecular formula is C20H17N5O2. The summed E-state index contributed by atoms with van der Waals surface area (Å²) in [6, 6.07) is 14.6. The van der Waals surface area contributed by atoms with Gasteiger partial charge in [0.25, 0.3) is 0 Å². The summed E-state index contributed by atoms with van der Waals surface area (Å²) in [6.45, 7) is 1.28. The summed E-state index contributed by atoms with van der Waals surface area (Å²) in [5, 5.41) is 5.54. The zero-order valence-corrected chi connectivity index (χ0v) is 14.4. The summed E-state index contributed by atoms with van der Waals surface area (Å²) < 4.78 is 0. The molecule has 3 amide bonds. The first kappa shape index (κ1) is 16.7. The van der Waals surface area contributed by atoms with Gasteiger partial charge in [0, 0.05) is 30.5 Å². The first-order chi connectivity index (χ1) is 13.2. The third-order valence-electron chi connectivity index (χ3n) is 4.18. The number of anilines is 2. The monoisotopic (exact) mass is 359 g/mol. The molecule has 1 fully saturated rings. The number of urea groups is 1. The Balaban J connectivity index is 1.41. The molecule has 1 aromatic heterocycles. The van der Waals surface area contributed by atoms with Gasteiger partial charge in [0.1, 0.15) is 0 Å². The Labute approximate surface area is 155 Å². The van der Waals surface area contributed by atoms with Gasteiger partial charge in [-0.15, -0.1) is 0 Å². The normalized spacial score (nSPS) is 13.9. The lowest BCUT2D eigenvalue weighted by molar-refractivity contribution is -0.111. The van der Waals surface area contributed by atoms with E-state index in [-0.39, 0.29) is 11.9 Å². The molecule has 7 nitrogen and oxygen atoms in total. The van der Waals surface area contributed by atoms with E-state index in [9.17, 15) is 9.59 Å². The second-order valence-electron chi connectivity index (χ2n) is 6.04. The van der Waals surface area contributed by atoms with E-state index < -0.39 is 0 Å². The van der Waals surface area contributed by atoms with Gasteiger partial charge in [-0.25, -0.2) is 9.78 Å². The smallest absolute Gasteiger partial charge is 0.321 e. The van der Waals surface area contributed by atoms with Gasteiger partial charge in [0.05, 0.1) is 22.9 Å². The second-order valence-corrected chi connectivity index (χ2v) is 6.04. The topological polar surface area (TPSA) is 87.2 Å². The van der Waals surface area contributed by atoms with Gasteiger partial charge in [-0.1, -0.05) is 12.1 Å². The lowest BCUT2D eigenvalue weighted by atomic mass is 10.2. The van der Waals surface area contributed by atoms with Crippen molar-refractivity contribution in [1.82, 2.24) is 15.3 Å². The quantitative estimate of drug-likeness (QED) is 0.701. The minimum atomic E-state index is -0.267. The predicted octanol–water partition coefficient (Wildman–Crippen LogP) is 2.81. The number of benzene rings is 2. The molecule has 7 heteroatoms. The minimum Gasteiger partial charge on any atom is -0.336 e. The number of hydrogen-bond donors (Lipinski definition) is 2. The zero-order valence-electron chi connectivity index (χ0n) is 14.4. The Morgan fingerprint density at radius 3 is 2.63 bits per heavy atom. The summed E-state index contributed by atoms with van der Waals surface area (Å²) in [7, 11) is 0. The highest BCUT2D eigenvalue weighted by atomic mass is 16.2. The van der Waals surface area contributed by atoms with Gasteiger partial charge >= 0.3 is 6.03 Å². The average molecular weight is 359 g/mol. The van der Waals surface area contributed by atoms with Crippen molar-refractivity contribution in [3.8, 4) is 0 Å².